The molecule has 0 aliphatic carbocycles. The lowest BCUT2D eigenvalue weighted by Crippen LogP contribution is -2.02. The van der Waals surface area contributed by atoms with E-state index < -0.39 is 11.6 Å². The minimum atomic E-state index is -0.530. The number of carbonyl (C=O) groups is 1. The summed E-state index contributed by atoms with van der Waals surface area (Å²) in [6.07, 6.45) is 0. The van der Waals surface area contributed by atoms with Gasteiger partial charge in [-0.1, -0.05) is 11.6 Å². The molecule has 0 heterocycles. The molecule has 70 valence electrons. The number of hydrogen-bond donors (Lipinski definition) is 0. The zero-order chi connectivity index (χ0) is 10.0. The quantitative estimate of drug-likeness (QED) is 0.460. The number of Topliss-reactive ketones (excluding diaryl/α,β-unsaturated/α-hetero) is 1. The maximum Gasteiger partial charge on any atom is 0.179 e. The lowest BCUT2D eigenvalue weighted by Gasteiger charge is -2.02. The maximum atomic E-state index is 13.0. The molecular formula is C8H4BrCl2FO. The SMILES string of the molecule is O=C(CCl)c1cc(F)c(Br)cc1Cl. The highest BCUT2D eigenvalue weighted by atomic mass is 79.9. The molecule has 5 heteroatoms. The van der Waals surface area contributed by atoms with E-state index >= 15 is 0 Å². The van der Waals surface area contributed by atoms with E-state index in [9.17, 15) is 9.18 Å². The molecule has 0 saturated carbocycles. The molecule has 0 bridgehead atoms. The molecule has 1 aromatic rings. The number of rotatable bonds is 2. The van der Waals surface area contributed by atoms with Gasteiger partial charge in [-0.05, 0) is 28.1 Å². The van der Waals surface area contributed by atoms with Gasteiger partial charge in [0, 0.05) is 5.56 Å². The van der Waals surface area contributed by atoms with Gasteiger partial charge in [0.1, 0.15) is 5.82 Å². The van der Waals surface area contributed by atoms with Gasteiger partial charge in [-0.2, -0.15) is 0 Å². The highest BCUT2D eigenvalue weighted by Crippen LogP contribution is 2.25. The van der Waals surface area contributed by atoms with E-state index in [2.05, 4.69) is 15.9 Å². The van der Waals surface area contributed by atoms with Crippen LogP contribution in [0.1, 0.15) is 10.4 Å². The summed E-state index contributed by atoms with van der Waals surface area (Å²) in [4.78, 5) is 11.1. The minimum absolute atomic E-state index is 0.109. The zero-order valence-electron chi connectivity index (χ0n) is 6.28. The molecule has 0 radical (unpaired) electrons. The number of hydrogen-bond acceptors (Lipinski definition) is 1. The van der Waals surface area contributed by atoms with Crippen LogP contribution in [0.25, 0.3) is 0 Å². The van der Waals surface area contributed by atoms with Crippen LogP contribution >= 0.6 is 39.1 Å². The van der Waals surface area contributed by atoms with Crippen LogP contribution in [0.5, 0.6) is 0 Å². The van der Waals surface area contributed by atoms with Gasteiger partial charge >= 0.3 is 0 Å². The van der Waals surface area contributed by atoms with Gasteiger partial charge in [0.25, 0.3) is 0 Å². The Balaban J connectivity index is 3.23. The van der Waals surface area contributed by atoms with Crippen LogP contribution in [0.3, 0.4) is 0 Å². The number of halogens is 4. The first-order valence-corrected chi connectivity index (χ1v) is 5.00. The monoisotopic (exact) mass is 284 g/mol. The molecule has 0 unspecified atom stereocenters. The van der Waals surface area contributed by atoms with Crippen molar-refractivity contribution < 1.29 is 9.18 Å². The average molecular weight is 286 g/mol. The fourth-order valence-electron chi connectivity index (χ4n) is 0.808. The lowest BCUT2D eigenvalue weighted by molar-refractivity contribution is 0.102. The molecular weight excluding hydrogens is 282 g/mol. The van der Waals surface area contributed by atoms with Crippen LogP contribution in [0.2, 0.25) is 5.02 Å². The van der Waals surface area contributed by atoms with Crippen molar-refractivity contribution >= 4 is 44.9 Å². The Kier molecular flexibility index (Phi) is 3.71. The lowest BCUT2D eigenvalue weighted by atomic mass is 10.1. The first-order chi connectivity index (χ1) is 6.06. The van der Waals surface area contributed by atoms with Crippen molar-refractivity contribution in [3.05, 3.63) is 33.0 Å². The molecule has 0 saturated heterocycles. The highest BCUT2D eigenvalue weighted by molar-refractivity contribution is 9.10. The first-order valence-electron chi connectivity index (χ1n) is 3.30. The maximum absolute atomic E-state index is 13.0. The topological polar surface area (TPSA) is 17.1 Å². The molecule has 0 spiro atoms. The third-order valence-electron chi connectivity index (χ3n) is 1.43. The summed E-state index contributed by atoms with van der Waals surface area (Å²) >= 11 is 14.0. The Morgan fingerprint density at radius 3 is 2.69 bits per heavy atom. The molecule has 0 atom stereocenters. The van der Waals surface area contributed by atoms with Gasteiger partial charge in [-0.3, -0.25) is 4.79 Å². The van der Waals surface area contributed by atoms with E-state index in [-0.39, 0.29) is 20.9 Å². The van der Waals surface area contributed by atoms with Crippen molar-refractivity contribution in [2.45, 2.75) is 0 Å². The van der Waals surface area contributed by atoms with E-state index in [4.69, 9.17) is 23.2 Å². The molecule has 0 fully saturated rings. The second-order valence-electron chi connectivity index (χ2n) is 2.30. The van der Waals surface area contributed by atoms with Gasteiger partial charge in [0.15, 0.2) is 5.78 Å². The highest BCUT2D eigenvalue weighted by Gasteiger charge is 2.12. The van der Waals surface area contributed by atoms with E-state index in [1.54, 1.807) is 0 Å². The molecule has 0 aromatic heterocycles. The molecule has 0 aliphatic heterocycles. The number of carbonyl (C=O) groups excluding carboxylic acids is 1. The average Bonchev–Trinajstić information content (AvgIpc) is 2.10. The first kappa shape index (κ1) is 11.0. The summed E-state index contributed by atoms with van der Waals surface area (Å²) in [5.74, 6) is -1.13. The van der Waals surface area contributed by atoms with Crippen LogP contribution in [-0.4, -0.2) is 11.7 Å². The zero-order valence-corrected chi connectivity index (χ0v) is 9.38. The molecule has 1 aromatic carbocycles. The van der Waals surface area contributed by atoms with Crippen LogP contribution in [0, 0.1) is 5.82 Å². The van der Waals surface area contributed by atoms with Crippen molar-refractivity contribution in [1.29, 1.82) is 0 Å². The van der Waals surface area contributed by atoms with Crippen molar-refractivity contribution in [1.82, 2.24) is 0 Å². The van der Waals surface area contributed by atoms with Crippen LogP contribution in [0.4, 0.5) is 4.39 Å². The summed E-state index contributed by atoms with van der Waals surface area (Å²) in [7, 11) is 0. The van der Waals surface area contributed by atoms with Gasteiger partial charge < -0.3 is 0 Å². The largest absolute Gasteiger partial charge is 0.293 e. The van der Waals surface area contributed by atoms with Crippen LogP contribution < -0.4 is 0 Å². The molecule has 0 N–H and O–H groups in total. The third-order valence-corrected chi connectivity index (χ3v) is 2.59. The Bertz CT molecular complexity index is 354. The third kappa shape index (κ3) is 2.42. The number of alkyl halides is 1. The summed E-state index contributed by atoms with van der Waals surface area (Å²) in [5, 5.41) is 0.193. The van der Waals surface area contributed by atoms with Gasteiger partial charge in [0.2, 0.25) is 0 Å². The Labute approximate surface area is 93.0 Å². The summed E-state index contributed by atoms with van der Waals surface area (Å²) in [5.41, 5.74) is 0.109. The van der Waals surface area contributed by atoms with Crippen LogP contribution in [0.15, 0.2) is 16.6 Å². The molecule has 1 nitrogen and oxygen atoms in total. The summed E-state index contributed by atoms with van der Waals surface area (Å²) in [6.45, 7) is 0. The van der Waals surface area contributed by atoms with E-state index in [0.29, 0.717) is 0 Å². The van der Waals surface area contributed by atoms with Crippen molar-refractivity contribution in [2.24, 2.45) is 0 Å². The predicted molar refractivity (Wildman–Crippen MR) is 54.2 cm³/mol. The standard InChI is InChI=1S/C8H4BrCl2FO/c9-5-2-6(11)4(1-7(5)12)8(13)3-10/h1-2H,3H2. The normalized spacial score (nSPS) is 10.2. The van der Waals surface area contributed by atoms with E-state index in [0.717, 1.165) is 6.07 Å². The Hall–Kier alpha value is -0.120. The second-order valence-corrected chi connectivity index (χ2v) is 3.83. The van der Waals surface area contributed by atoms with E-state index in [1.807, 2.05) is 0 Å². The fraction of sp³-hybridized carbons (Fsp3) is 0.125. The predicted octanol–water partition coefficient (Wildman–Crippen LogP) is 3.66. The van der Waals surface area contributed by atoms with Crippen LogP contribution in [-0.2, 0) is 0 Å². The summed E-state index contributed by atoms with van der Waals surface area (Å²) in [6, 6.07) is 2.40. The number of ketones is 1. The van der Waals surface area contributed by atoms with E-state index in [1.165, 1.54) is 6.07 Å². The van der Waals surface area contributed by atoms with Gasteiger partial charge in [-0.15, -0.1) is 11.6 Å². The van der Waals surface area contributed by atoms with Crippen molar-refractivity contribution in [3.8, 4) is 0 Å². The second kappa shape index (κ2) is 4.40. The smallest absolute Gasteiger partial charge is 0.179 e. The Morgan fingerprint density at radius 2 is 2.15 bits per heavy atom. The van der Waals surface area contributed by atoms with Gasteiger partial charge in [0.05, 0.1) is 15.4 Å². The Morgan fingerprint density at radius 1 is 1.54 bits per heavy atom. The fourth-order valence-corrected chi connectivity index (χ4v) is 1.70. The summed E-state index contributed by atoms with van der Waals surface area (Å²) < 4.78 is 13.2. The molecule has 0 amide bonds. The molecule has 13 heavy (non-hydrogen) atoms. The minimum Gasteiger partial charge on any atom is -0.293 e. The molecule has 0 aliphatic rings. The van der Waals surface area contributed by atoms with Gasteiger partial charge in [-0.25, -0.2) is 4.39 Å². The van der Waals surface area contributed by atoms with Crippen molar-refractivity contribution in [2.75, 3.05) is 5.88 Å². The van der Waals surface area contributed by atoms with Crippen molar-refractivity contribution in [3.63, 3.8) is 0 Å². The molecule has 1 rings (SSSR count). The number of benzene rings is 1.